The van der Waals surface area contributed by atoms with Gasteiger partial charge < -0.3 is 13.9 Å². The first-order valence-corrected chi connectivity index (χ1v) is 9.61. The lowest BCUT2D eigenvalue weighted by molar-refractivity contribution is -0.184. The molecule has 0 radical (unpaired) electrons. The van der Waals surface area contributed by atoms with Gasteiger partial charge in [-0.15, -0.1) is 11.3 Å². The summed E-state index contributed by atoms with van der Waals surface area (Å²) in [6.45, 7) is 3.34. The van der Waals surface area contributed by atoms with E-state index in [-0.39, 0.29) is 0 Å². The highest BCUT2D eigenvalue weighted by Gasteiger charge is 2.23. The summed E-state index contributed by atoms with van der Waals surface area (Å²) >= 11 is 1.60. The van der Waals surface area contributed by atoms with Gasteiger partial charge in [-0.2, -0.15) is 0 Å². The molecule has 7 heteroatoms. The van der Waals surface area contributed by atoms with Crippen molar-refractivity contribution in [1.82, 2.24) is 15.0 Å². The number of nitrogens with zero attached hydrogens (tertiary/aromatic N) is 3. The fourth-order valence-corrected chi connectivity index (χ4v) is 4.23. The molecule has 27 heavy (non-hydrogen) atoms. The average molecular weight is 379 g/mol. The van der Waals surface area contributed by atoms with Crippen LogP contribution in [0, 0.1) is 6.92 Å². The van der Waals surface area contributed by atoms with Gasteiger partial charge in [0.25, 0.3) is 0 Å². The zero-order valence-electron chi connectivity index (χ0n) is 14.7. The molecule has 5 heterocycles. The summed E-state index contributed by atoms with van der Waals surface area (Å²) in [5, 5.41) is 1.88. The molecule has 0 unspecified atom stereocenters. The minimum Gasteiger partial charge on any atom is -0.464 e. The van der Waals surface area contributed by atoms with Gasteiger partial charge in [0.15, 0.2) is 0 Å². The Morgan fingerprint density at radius 1 is 1.15 bits per heavy atom. The summed E-state index contributed by atoms with van der Waals surface area (Å²) < 4.78 is 17.1. The van der Waals surface area contributed by atoms with Crippen molar-refractivity contribution in [2.75, 3.05) is 13.2 Å². The lowest BCUT2D eigenvalue weighted by atomic mass is 10.1. The number of hydrogen-bond acceptors (Lipinski definition) is 7. The van der Waals surface area contributed by atoms with Crippen molar-refractivity contribution in [3.05, 3.63) is 54.3 Å². The van der Waals surface area contributed by atoms with Gasteiger partial charge in [0.1, 0.15) is 16.3 Å². The molecule has 0 N–H and O–H groups in total. The van der Waals surface area contributed by atoms with Crippen LogP contribution in [0.25, 0.3) is 32.1 Å². The molecule has 1 aliphatic heterocycles. The van der Waals surface area contributed by atoms with Crippen LogP contribution >= 0.6 is 11.3 Å². The number of ether oxygens (including phenoxy) is 2. The second-order valence-corrected chi connectivity index (χ2v) is 7.33. The molecule has 0 spiro atoms. The van der Waals surface area contributed by atoms with Crippen molar-refractivity contribution in [2.24, 2.45) is 0 Å². The Hall–Kier alpha value is -2.61. The van der Waals surface area contributed by atoms with Gasteiger partial charge in [-0.1, -0.05) is 0 Å². The van der Waals surface area contributed by atoms with Crippen LogP contribution in [-0.2, 0) is 9.47 Å². The van der Waals surface area contributed by atoms with E-state index < -0.39 is 6.29 Å². The first-order valence-electron chi connectivity index (χ1n) is 8.79. The molecule has 0 aromatic carbocycles. The third-order valence-corrected chi connectivity index (χ3v) is 5.67. The van der Waals surface area contributed by atoms with Gasteiger partial charge in [-0.25, -0.2) is 9.97 Å². The van der Waals surface area contributed by atoms with Gasteiger partial charge in [-0.05, 0) is 31.5 Å². The first-order chi connectivity index (χ1) is 13.3. The topological polar surface area (TPSA) is 70.3 Å². The average Bonchev–Trinajstić information content (AvgIpc) is 3.35. The number of pyridine rings is 2. The molecule has 6 nitrogen and oxygen atoms in total. The quantitative estimate of drug-likeness (QED) is 0.511. The van der Waals surface area contributed by atoms with E-state index in [0.717, 1.165) is 49.9 Å². The zero-order valence-corrected chi connectivity index (χ0v) is 15.5. The van der Waals surface area contributed by atoms with Gasteiger partial charge >= 0.3 is 0 Å². The molecule has 4 aromatic heterocycles. The maximum atomic E-state index is 5.74. The fraction of sp³-hybridized carbons (Fsp3) is 0.250. The summed E-state index contributed by atoms with van der Waals surface area (Å²) in [7, 11) is 0. The molecule has 5 rings (SSSR count). The van der Waals surface area contributed by atoms with Crippen molar-refractivity contribution < 1.29 is 13.9 Å². The summed E-state index contributed by atoms with van der Waals surface area (Å²) in [6.07, 6.45) is 5.70. The van der Waals surface area contributed by atoms with Crippen LogP contribution in [0.2, 0.25) is 0 Å². The summed E-state index contributed by atoms with van der Waals surface area (Å²) in [5.74, 6) is 0. The number of thiazole rings is 1. The summed E-state index contributed by atoms with van der Waals surface area (Å²) in [4.78, 5) is 14.8. The van der Waals surface area contributed by atoms with Crippen LogP contribution in [0.1, 0.15) is 24.1 Å². The maximum Gasteiger partial charge on any atom is 0.201 e. The van der Waals surface area contributed by atoms with Crippen LogP contribution in [0.4, 0.5) is 0 Å². The normalized spacial score (nSPS) is 15.4. The molecule has 0 atom stereocenters. The highest BCUT2D eigenvalue weighted by molar-refractivity contribution is 7.18. The molecule has 136 valence electrons. The summed E-state index contributed by atoms with van der Waals surface area (Å²) in [6, 6.07) is 7.76. The minimum atomic E-state index is -0.460. The molecule has 1 saturated heterocycles. The van der Waals surface area contributed by atoms with Crippen LogP contribution in [0.3, 0.4) is 0 Å². The minimum absolute atomic E-state index is 0.460. The zero-order chi connectivity index (χ0) is 18.2. The molecule has 1 aliphatic rings. The summed E-state index contributed by atoms with van der Waals surface area (Å²) in [5.41, 5.74) is 4.26. The second kappa shape index (κ2) is 6.84. The van der Waals surface area contributed by atoms with E-state index in [4.69, 9.17) is 23.9 Å². The Kier molecular flexibility index (Phi) is 4.20. The van der Waals surface area contributed by atoms with Crippen molar-refractivity contribution in [2.45, 2.75) is 19.6 Å². The Labute approximate surface area is 159 Å². The highest BCUT2D eigenvalue weighted by Crippen LogP contribution is 2.39. The standard InChI is InChI=1S/C20H17N3O3S/c1-12-18(27-19(22-12)13-4-2-6-21-11-13)17-14-5-9-24-16(14)10-15(23-17)20-25-7-3-8-26-20/h2,4-6,9-11,20H,3,7-8H2,1H3. The number of furan rings is 1. The molecular formula is C20H17N3O3S. The van der Waals surface area contributed by atoms with Crippen LogP contribution in [0.5, 0.6) is 0 Å². The van der Waals surface area contributed by atoms with Crippen molar-refractivity contribution in [3.63, 3.8) is 0 Å². The molecule has 1 fully saturated rings. The van der Waals surface area contributed by atoms with E-state index in [1.54, 1.807) is 23.8 Å². The van der Waals surface area contributed by atoms with Gasteiger partial charge in [0, 0.05) is 29.4 Å². The van der Waals surface area contributed by atoms with Crippen molar-refractivity contribution in [3.8, 4) is 21.1 Å². The molecule has 0 bridgehead atoms. The van der Waals surface area contributed by atoms with Gasteiger partial charge in [-0.3, -0.25) is 4.98 Å². The van der Waals surface area contributed by atoms with Crippen LogP contribution in [-0.4, -0.2) is 28.2 Å². The maximum absolute atomic E-state index is 5.74. The number of rotatable bonds is 3. The number of fused-ring (bicyclic) bond motifs is 1. The van der Waals surface area contributed by atoms with E-state index in [1.165, 1.54) is 0 Å². The smallest absolute Gasteiger partial charge is 0.201 e. The second-order valence-electron chi connectivity index (χ2n) is 6.33. The van der Waals surface area contributed by atoms with Crippen LogP contribution < -0.4 is 0 Å². The Morgan fingerprint density at radius 2 is 2.04 bits per heavy atom. The Balaban J connectivity index is 1.64. The van der Waals surface area contributed by atoms with E-state index in [1.807, 2.05) is 37.4 Å². The molecule has 4 aromatic rings. The van der Waals surface area contributed by atoms with Gasteiger partial charge in [0.2, 0.25) is 6.29 Å². The molecule has 0 saturated carbocycles. The SMILES string of the molecule is Cc1nc(-c2cccnc2)sc1-c1nc(C2OCCCO2)cc2occc12. The predicted octanol–water partition coefficient (Wildman–Crippen LogP) is 4.76. The first kappa shape index (κ1) is 16.6. The van der Waals surface area contributed by atoms with Crippen molar-refractivity contribution >= 4 is 22.3 Å². The monoisotopic (exact) mass is 379 g/mol. The van der Waals surface area contributed by atoms with E-state index in [9.17, 15) is 0 Å². The number of aromatic nitrogens is 3. The lowest BCUT2D eigenvalue weighted by Gasteiger charge is -2.23. The molecule has 0 amide bonds. The van der Waals surface area contributed by atoms with E-state index >= 15 is 0 Å². The van der Waals surface area contributed by atoms with E-state index in [2.05, 4.69) is 4.98 Å². The van der Waals surface area contributed by atoms with E-state index in [0.29, 0.717) is 13.2 Å². The predicted molar refractivity (Wildman–Crippen MR) is 102 cm³/mol. The third kappa shape index (κ3) is 3.03. The lowest BCUT2D eigenvalue weighted by Crippen LogP contribution is -2.18. The van der Waals surface area contributed by atoms with Crippen molar-refractivity contribution in [1.29, 1.82) is 0 Å². The van der Waals surface area contributed by atoms with Gasteiger partial charge in [0.05, 0.1) is 35.7 Å². The third-order valence-electron chi connectivity index (χ3n) is 4.46. The number of aryl methyl sites for hydroxylation is 1. The fourth-order valence-electron chi connectivity index (χ4n) is 3.17. The molecular weight excluding hydrogens is 362 g/mol. The Bertz CT molecular complexity index is 1080. The Morgan fingerprint density at radius 3 is 2.85 bits per heavy atom. The van der Waals surface area contributed by atoms with Crippen LogP contribution in [0.15, 0.2) is 47.3 Å². The number of hydrogen-bond donors (Lipinski definition) is 0. The highest BCUT2D eigenvalue weighted by atomic mass is 32.1. The molecule has 0 aliphatic carbocycles. The largest absolute Gasteiger partial charge is 0.464 e.